The fourth-order valence-electron chi connectivity index (χ4n) is 2.40. The zero-order chi connectivity index (χ0) is 12.8. The second-order valence-corrected chi connectivity index (χ2v) is 5.58. The molecule has 1 fully saturated rings. The lowest BCUT2D eigenvalue weighted by molar-refractivity contribution is -0.896. The molecule has 18 heavy (non-hydrogen) atoms. The van der Waals surface area contributed by atoms with Crippen molar-refractivity contribution < 1.29 is 9.69 Å². The van der Waals surface area contributed by atoms with Crippen LogP contribution >= 0.6 is 11.8 Å². The van der Waals surface area contributed by atoms with Gasteiger partial charge in [-0.3, -0.25) is 4.79 Å². The molecule has 0 aromatic heterocycles. The average Bonchev–Trinajstić information content (AvgIpc) is 2.40. The van der Waals surface area contributed by atoms with Crippen LogP contribution in [-0.4, -0.2) is 31.8 Å². The number of hydrogen-bond acceptors (Lipinski definition) is 2. The normalized spacial score (nSPS) is 16.5. The Bertz CT molecular complexity index is 403. The van der Waals surface area contributed by atoms with E-state index in [0.717, 1.165) is 23.7 Å². The van der Waals surface area contributed by atoms with Crippen LogP contribution in [0.25, 0.3) is 0 Å². The summed E-state index contributed by atoms with van der Waals surface area (Å²) < 4.78 is 0. The predicted molar refractivity (Wildman–Crippen MR) is 76.3 cm³/mol. The molecule has 2 N–H and O–H groups in total. The maximum atomic E-state index is 12.0. The van der Waals surface area contributed by atoms with Crippen molar-refractivity contribution in [2.45, 2.75) is 24.2 Å². The van der Waals surface area contributed by atoms with Gasteiger partial charge in [-0.2, -0.15) is 0 Å². The number of carbonyl (C=O) groups is 1. The first-order valence-corrected chi connectivity index (χ1v) is 7.78. The topological polar surface area (TPSA) is 33.5 Å². The zero-order valence-electron chi connectivity index (χ0n) is 10.9. The molecule has 0 bridgehead atoms. The van der Waals surface area contributed by atoms with E-state index in [2.05, 4.69) is 5.32 Å². The van der Waals surface area contributed by atoms with Crippen LogP contribution in [0.1, 0.15) is 19.3 Å². The third-order valence-electron chi connectivity index (χ3n) is 3.35. The Kier molecular flexibility index (Phi) is 5.08. The van der Waals surface area contributed by atoms with Gasteiger partial charge in [0.05, 0.1) is 18.8 Å². The van der Waals surface area contributed by atoms with Crippen molar-refractivity contribution in [2.24, 2.45) is 0 Å². The molecule has 0 radical (unpaired) electrons. The molecule has 98 valence electrons. The van der Waals surface area contributed by atoms with Crippen LogP contribution < -0.4 is 10.2 Å². The molecular weight excluding hydrogens is 244 g/mol. The monoisotopic (exact) mass is 265 g/mol. The van der Waals surface area contributed by atoms with E-state index in [0.29, 0.717) is 6.54 Å². The Morgan fingerprint density at radius 2 is 2.00 bits per heavy atom. The molecule has 1 aliphatic heterocycles. The molecule has 1 amide bonds. The number of nitrogens with one attached hydrogen (secondary N) is 2. The van der Waals surface area contributed by atoms with Gasteiger partial charge < -0.3 is 10.2 Å². The molecule has 0 unspecified atom stereocenters. The van der Waals surface area contributed by atoms with Crippen molar-refractivity contribution in [3.8, 4) is 0 Å². The Hall–Kier alpha value is -1.00. The third-order valence-corrected chi connectivity index (χ3v) is 4.15. The van der Waals surface area contributed by atoms with Crippen LogP contribution in [0.4, 0.5) is 5.69 Å². The number of para-hydroxylation sites is 1. The third kappa shape index (κ3) is 3.75. The first kappa shape index (κ1) is 13.4. The quantitative estimate of drug-likeness (QED) is 0.807. The number of benzene rings is 1. The first-order chi connectivity index (χ1) is 8.79. The molecule has 2 rings (SSSR count). The number of anilines is 1. The van der Waals surface area contributed by atoms with Crippen molar-refractivity contribution in [1.29, 1.82) is 0 Å². The van der Waals surface area contributed by atoms with Gasteiger partial charge in [-0.15, -0.1) is 11.8 Å². The highest BCUT2D eigenvalue weighted by Gasteiger charge is 2.17. The number of carbonyl (C=O) groups excluding carboxylic acids is 1. The number of thioether (sulfide) groups is 1. The lowest BCUT2D eigenvalue weighted by Gasteiger charge is -2.23. The van der Waals surface area contributed by atoms with Crippen molar-refractivity contribution in [3.05, 3.63) is 24.3 Å². The summed E-state index contributed by atoms with van der Waals surface area (Å²) in [5.74, 6) is 0.133. The molecule has 0 atom stereocenters. The van der Waals surface area contributed by atoms with E-state index in [1.165, 1.54) is 24.2 Å². The maximum Gasteiger partial charge on any atom is 0.279 e. The molecule has 0 aliphatic carbocycles. The standard InChI is InChI=1S/C14H20N2OS/c1-18-13-8-4-3-7-12(13)15-14(17)11-16-9-5-2-6-10-16/h3-4,7-8H,2,5-6,9-11H2,1H3,(H,15,17)/p+1. The van der Waals surface area contributed by atoms with Gasteiger partial charge in [0.15, 0.2) is 6.54 Å². The summed E-state index contributed by atoms with van der Waals surface area (Å²) in [6.45, 7) is 2.87. The Morgan fingerprint density at radius 3 is 2.72 bits per heavy atom. The summed E-state index contributed by atoms with van der Waals surface area (Å²) in [7, 11) is 0. The molecule has 1 saturated heterocycles. The van der Waals surface area contributed by atoms with Crippen molar-refractivity contribution in [3.63, 3.8) is 0 Å². The van der Waals surface area contributed by atoms with Crippen LogP contribution in [-0.2, 0) is 4.79 Å². The first-order valence-electron chi connectivity index (χ1n) is 6.56. The van der Waals surface area contributed by atoms with Crippen LogP contribution in [0.3, 0.4) is 0 Å². The predicted octanol–water partition coefficient (Wildman–Crippen LogP) is 1.42. The maximum absolute atomic E-state index is 12.0. The van der Waals surface area contributed by atoms with Crippen molar-refractivity contribution in [2.75, 3.05) is 31.2 Å². The van der Waals surface area contributed by atoms with Gasteiger partial charge in [0.2, 0.25) is 0 Å². The average molecular weight is 265 g/mol. The molecular formula is C14H21N2OS+. The van der Waals surface area contributed by atoms with Gasteiger partial charge in [0, 0.05) is 4.90 Å². The van der Waals surface area contributed by atoms with E-state index in [-0.39, 0.29) is 5.91 Å². The molecule has 4 heteroatoms. The minimum Gasteiger partial charge on any atom is -0.327 e. The van der Waals surface area contributed by atoms with E-state index in [9.17, 15) is 4.79 Å². The Balaban J connectivity index is 1.90. The largest absolute Gasteiger partial charge is 0.327 e. The number of amides is 1. The van der Waals surface area contributed by atoms with Gasteiger partial charge in [-0.1, -0.05) is 12.1 Å². The number of likely N-dealkylation sites (tertiary alicyclic amines) is 1. The van der Waals surface area contributed by atoms with Crippen molar-refractivity contribution >= 4 is 23.4 Å². The lowest BCUT2D eigenvalue weighted by atomic mass is 10.1. The molecule has 1 aliphatic rings. The Morgan fingerprint density at radius 1 is 1.28 bits per heavy atom. The number of hydrogen-bond donors (Lipinski definition) is 2. The van der Waals surface area contributed by atoms with E-state index in [1.807, 2.05) is 30.5 Å². The summed E-state index contributed by atoms with van der Waals surface area (Å²) in [4.78, 5) is 14.5. The lowest BCUT2D eigenvalue weighted by Crippen LogP contribution is -3.13. The number of rotatable bonds is 4. The smallest absolute Gasteiger partial charge is 0.279 e. The molecule has 1 heterocycles. The summed E-state index contributed by atoms with van der Waals surface area (Å²) in [6.07, 6.45) is 5.86. The molecule has 1 aromatic rings. The highest BCUT2D eigenvalue weighted by Crippen LogP contribution is 2.24. The summed E-state index contributed by atoms with van der Waals surface area (Å²) in [6, 6.07) is 7.96. The van der Waals surface area contributed by atoms with Gasteiger partial charge in [0.1, 0.15) is 0 Å². The van der Waals surface area contributed by atoms with Crippen LogP contribution in [0.2, 0.25) is 0 Å². The minimum absolute atomic E-state index is 0.133. The van der Waals surface area contributed by atoms with E-state index in [4.69, 9.17) is 0 Å². The second kappa shape index (κ2) is 6.81. The fourth-order valence-corrected chi connectivity index (χ4v) is 2.95. The molecule has 0 saturated carbocycles. The molecule has 0 spiro atoms. The molecule has 1 aromatic carbocycles. The van der Waals surface area contributed by atoms with Gasteiger partial charge in [-0.25, -0.2) is 0 Å². The summed E-state index contributed by atoms with van der Waals surface area (Å²) in [5.41, 5.74) is 0.936. The summed E-state index contributed by atoms with van der Waals surface area (Å²) >= 11 is 1.66. The van der Waals surface area contributed by atoms with E-state index in [1.54, 1.807) is 11.8 Å². The van der Waals surface area contributed by atoms with Gasteiger partial charge in [0.25, 0.3) is 5.91 Å². The van der Waals surface area contributed by atoms with Crippen molar-refractivity contribution in [1.82, 2.24) is 0 Å². The highest BCUT2D eigenvalue weighted by molar-refractivity contribution is 7.98. The second-order valence-electron chi connectivity index (χ2n) is 4.74. The zero-order valence-corrected chi connectivity index (χ0v) is 11.7. The number of quaternary nitrogens is 1. The van der Waals surface area contributed by atoms with Crippen LogP contribution in [0, 0.1) is 0 Å². The van der Waals surface area contributed by atoms with Crippen LogP contribution in [0.5, 0.6) is 0 Å². The van der Waals surface area contributed by atoms with Gasteiger partial charge in [-0.05, 0) is 37.7 Å². The van der Waals surface area contributed by atoms with Crippen LogP contribution in [0.15, 0.2) is 29.2 Å². The fraction of sp³-hybridized carbons (Fsp3) is 0.500. The summed E-state index contributed by atoms with van der Waals surface area (Å²) in [5, 5.41) is 3.03. The van der Waals surface area contributed by atoms with E-state index >= 15 is 0 Å². The van der Waals surface area contributed by atoms with E-state index < -0.39 is 0 Å². The number of piperidine rings is 1. The minimum atomic E-state index is 0.133. The Labute approximate surface area is 113 Å². The highest BCUT2D eigenvalue weighted by atomic mass is 32.2. The SMILES string of the molecule is CSc1ccccc1NC(=O)C[NH+]1CCCCC1. The van der Waals surface area contributed by atoms with Gasteiger partial charge >= 0.3 is 0 Å². The molecule has 3 nitrogen and oxygen atoms in total.